The minimum Gasteiger partial charge on any atom is -0.214 e. The van der Waals surface area contributed by atoms with E-state index in [9.17, 15) is 13.2 Å². The minimum atomic E-state index is -4.28. The van der Waals surface area contributed by atoms with Crippen LogP contribution in [0, 0.1) is 6.92 Å². The topological polar surface area (TPSA) is 25.8 Å². The molecule has 0 aromatic carbocycles. The van der Waals surface area contributed by atoms with Gasteiger partial charge in [0, 0.05) is 11.8 Å². The van der Waals surface area contributed by atoms with Crippen LogP contribution in [0.2, 0.25) is 0 Å². The van der Waals surface area contributed by atoms with E-state index in [0.29, 0.717) is 5.01 Å². The van der Waals surface area contributed by atoms with Crippen LogP contribution >= 0.6 is 23.3 Å². The van der Waals surface area contributed by atoms with Crippen molar-refractivity contribution in [1.82, 2.24) is 9.36 Å². The highest BCUT2D eigenvalue weighted by Gasteiger charge is 2.31. The van der Waals surface area contributed by atoms with Crippen molar-refractivity contribution in [3.8, 4) is 0 Å². The third-order valence-electron chi connectivity index (χ3n) is 0.716. The molecular formula is C4H3F3N2S2. The van der Waals surface area contributed by atoms with Gasteiger partial charge in [-0.15, -0.1) is 0 Å². The zero-order valence-electron chi connectivity index (χ0n) is 5.34. The van der Waals surface area contributed by atoms with E-state index >= 15 is 0 Å². The van der Waals surface area contributed by atoms with Crippen molar-refractivity contribution in [3.05, 3.63) is 5.01 Å². The summed E-state index contributed by atoms with van der Waals surface area (Å²) in [5.41, 5.74) is -4.28. The maximum Gasteiger partial charge on any atom is 0.449 e. The van der Waals surface area contributed by atoms with Gasteiger partial charge in [0.1, 0.15) is 5.01 Å². The summed E-state index contributed by atoms with van der Waals surface area (Å²) in [5, 5.41) is 0.316. The number of rotatable bonds is 1. The molecule has 62 valence electrons. The van der Waals surface area contributed by atoms with E-state index in [4.69, 9.17) is 0 Å². The monoisotopic (exact) mass is 200 g/mol. The van der Waals surface area contributed by atoms with Crippen molar-refractivity contribution in [3.63, 3.8) is 0 Å². The quantitative estimate of drug-likeness (QED) is 0.651. The number of halogens is 3. The molecule has 0 spiro atoms. The van der Waals surface area contributed by atoms with E-state index in [1.165, 1.54) is 0 Å². The fourth-order valence-corrected chi connectivity index (χ4v) is 1.51. The Morgan fingerprint density at radius 1 is 1.45 bits per heavy atom. The Morgan fingerprint density at radius 2 is 2.09 bits per heavy atom. The summed E-state index contributed by atoms with van der Waals surface area (Å²) < 4.78 is 38.4. The Bertz CT molecular complexity index is 244. The third kappa shape index (κ3) is 3.06. The molecule has 11 heavy (non-hydrogen) atoms. The molecule has 0 amide bonds. The number of hydrogen-bond acceptors (Lipinski definition) is 4. The maximum absolute atomic E-state index is 11.6. The van der Waals surface area contributed by atoms with Gasteiger partial charge in [0.05, 0.1) is 0 Å². The molecule has 0 unspecified atom stereocenters. The van der Waals surface area contributed by atoms with Crippen LogP contribution in [0.5, 0.6) is 0 Å². The van der Waals surface area contributed by atoms with Gasteiger partial charge in [0.25, 0.3) is 0 Å². The van der Waals surface area contributed by atoms with Crippen molar-refractivity contribution in [1.29, 1.82) is 0 Å². The van der Waals surface area contributed by atoms with Gasteiger partial charge in [0.2, 0.25) is 5.16 Å². The third-order valence-corrected chi connectivity index (χ3v) is 2.05. The van der Waals surface area contributed by atoms with Crippen molar-refractivity contribution in [2.75, 3.05) is 0 Å². The van der Waals surface area contributed by atoms with E-state index < -0.39 is 5.51 Å². The number of hydrogen-bond donors (Lipinski definition) is 0. The Kier molecular flexibility index (Phi) is 2.38. The van der Waals surface area contributed by atoms with Gasteiger partial charge in [-0.2, -0.15) is 17.5 Å². The van der Waals surface area contributed by atoms with Crippen molar-refractivity contribution in [2.45, 2.75) is 17.6 Å². The summed E-state index contributed by atoms with van der Waals surface area (Å²) in [5.74, 6) is 0. The Morgan fingerprint density at radius 3 is 2.45 bits per heavy atom. The number of nitrogens with zero attached hydrogens (tertiary/aromatic N) is 2. The minimum absolute atomic E-state index is 0.222. The molecule has 2 nitrogen and oxygen atoms in total. The molecule has 0 aliphatic heterocycles. The molecule has 0 fully saturated rings. The van der Waals surface area contributed by atoms with Gasteiger partial charge in [-0.1, -0.05) is 0 Å². The summed E-state index contributed by atoms with van der Waals surface area (Å²) >= 11 is 0.673. The average molecular weight is 200 g/mol. The first-order chi connectivity index (χ1) is 4.97. The van der Waals surface area contributed by atoms with Crippen LogP contribution in [-0.4, -0.2) is 14.9 Å². The predicted octanol–water partition coefficient (Wildman–Crippen LogP) is 2.46. The summed E-state index contributed by atoms with van der Waals surface area (Å²) in [6.45, 7) is 1.61. The molecular weight excluding hydrogens is 197 g/mol. The molecule has 7 heteroatoms. The molecule has 0 atom stereocenters. The molecule has 0 bridgehead atoms. The molecule has 1 rings (SSSR count). The molecule has 0 N–H and O–H groups in total. The first-order valence-corrected chi connectivity index (χ1v) is 4.12. The Labute approximate surface area is 69.0 Å². The average Bonchev–Trinajstić information content (AvgIpc) is 2.10. The largest absolute Gasteiger partial charge is 0.449 e. The van der Waals surface area contributed by atoms with Crippen LogP contribution < -0.4 is 0 Å². The van der Waals surface area contributed by atoms with Gasteiger partial charge in [-0.05, 0) is 18.5 Å². The predicted molar refractivity (Wildman–Crippen MR) is 36.6 cm³/mol. The summed E-state index contributed by atoms with van der Waals surface area (Å²) in [4.78, 5) is 3.55. The molecule has 1 heterocycles. The molecule has 0 radical (unpaired) electrons. The highest BCUT2D eigenvalue weighted by molar-refractivity contribution is 8.00. The lowest BCUT2D eigenvalue weighted by Crippen LogP contribution is -1.99. The van der Waals surface area contributed by atoms with Gasteiger partial charge in [-0.25, -0.2) is 4.98 Å². The summed E-state index contributed by atoms with van der Waals surface area (Å²) in [7, 11) is 0. The Hall–Kier alpha value is -0.300. The maximum atomic E-state index is 11.6. The van der Waals surface area contributed by atoms with Crippen molar-refractivity contribution in [2.24, 2.45) is 0 Å². The lowest BCUT2D eigenvalue weighted by Gasteiger charge is -1.99. The highest BCUT2D eigenvalue weighted by atomic mass is 32.2. The summed E-state index contributed by atoms with van der Waals surface area (Å²) in [6.07, 6.45) is 0. The SMILES string of the molecule is Cc1nc(SC(F)(F)F)ns1. The molecule has 1 aromatic rings. The van der Waals surface area contributed by atoms with E-state index in [2.05, 4.69) is 9.36 Å². The normalized spacial score (nSPS) is 12.0. The van der Waals surface area contributed by atoms with Gasteiger partial charge < -0.3 is 0 Å². The smallest absolute Gasteiger partial charge is 0.214 e. The van der Waals surface area contributed by atoms with Crippen LogP contribution in [0.3, 0.4) is 0 Å². The summed E-state index contributed by atoms with van der Waals surface area (Å²) in [6, 6.07) is 0. The van der Waals surface area contributed by atoms with Crippen molar-refractivity contribution >= 4 is 23.3 Å². The van der Waals surface area contributed by atoms with Crippen LogP contribution in [-0.2, 0) is 0 Å². The van der Waals surface area contributed by atoms with Crippen LogP contribution in [0.15, 0.2) is 5.16 Å². The fourth-order valence-electron chi connectivity index (χ4n) is 0.426. The number of aryl methyl sites for hydroxylation is 1. The van der Waals surface area contributed by atoms with E-state index in [1.54, 1.807) is 6.92 Å². The van der Waals surface area contributed by atoms with E-state index in [0.717, 1.165) is 11.5 Å². The second kappa shape index (κ2) is 2.98. The zero-order chi connectivity index (χ0) is 8.48. The van der Waals surface area contributed by atoms with Gasteiger partial charge in [0.15, 0.2) is 0 Å². The fraction of sp³-hybridized carbons (Fsp3) is 0.500. The standard InChI is InChI=1S/C4H3F3N2S2/c1-2-8-3(9-11-2)10-4(5,6)7/h1H3. The first kappa shape index (κ1) is 8.79. The number of alkyl halides is 3. The van der Waals surface area contributed by atoms with Crippen LogP contribution in [0.4, 0.5) is 13.2 Å². The van der Waals surface area contributed by atoms with Crippen LogP contribution in [0.1, 0.15) is 5.01 Å². The second-order valence-corrected chi connectivity index (χ2v) is 3.63. The van der Waals surface area contributed by atoms with Crippen molar-refractivity contribution < 1.29 is 13.2 Å². The van der Waals surface area contributed by atoms with E-state index in [1.807, 2.05) is 0 Å². The zero-order valence-corrected chi connectivity index (χ0v) is 6.98. The molecule has 0 saturated heterocycles. The lowest BCUT2D eigenvalue weighted by atomic mass is 10.8. The van der Waals surface area contributed by atoms with E-state index in [-0.39, 0.29) is 16.9 Å². The Balaban J connectivity index is 2.65. The first-order valence-electron chi connectivity index (χ1n) is 2.53. The highest BCUT2D eigenvalue weighted by Crippen LogP contribution is 2.35. The molecule has 0 saturated carbocycles. The van der Waals surface area contributed by atoms with Gasteiger partial charge in [-0.3, -0.25) is 0 Å². The molecule has 1 aromatic heterocycles. The number of thioether (sulfide) groups is 1. The molecule has 0 aliphatic rings. The number of aromatic nitrogens is 2. The van der Waals surface area contributed by atoms with Gasteiger partial charge >= 0.3 is 5.51 Å². The second-order valence-electron chi connectivity index (χ2n) is 1.64. The van der Waals surface area contributed by atoms with Crippen LogP contribution in [0.25, 0.3) is 0 Å². The lowest BCUT2D eigenvalue weighted by molar-refractivity contribution is -0.0330. The molecule has 0 aliphatic carbocycles.